The molecule has 106 valence electrons. The summed E-state index contributed by atoms with van der Waals surface area (Å²) in [5.74, 6) is 0.571. The summed E-state index contributed by atoms with van der Waals surface area (Å²) in [6, 6.07) is 1.65. The monoisotopic (exact) mass is 284 g/mol. The third-order valence-electron chi connectivity index (χ3n) is 3.57. The first kappa shape index (κ1) is 14.4. The molecule has 1 fully saturated rings. The van der Waals surface area contributed by atoms with Crippen LogP contribution < -0.4 is 5.32 Å². The number of amides is 1. The van der Waals surface area contributed by atoms with Crippen LogP contribution in [0.2, 0.25) is 5.22 Å². The molecule has 2 rings (SSSR count). The number of hydrogen-bond acceptors (Lipinski definition) is 3. The van der Waals surface area contributed by atoms with Gasteiger partial charge in [-0.2, -0.15) is 0 Å². The molecule has 1 aliphatic heterocycles. The number of hydrogen-bond donors (Lipinski definition) is 1. The molecule has 0 saturated carbocycles. The van der Waals surface area contributed by atoms with Crippen molar-refractivity contribution in [1.29, 1.82) is 0 Å². The van der Waals surface area contributed by atoms with Gasteiger partial charge in [0.25, 0.3) is 5.91 Å². The highest BCUT2D eigenvalue weighted by Crippen LogP contribution is 2.21. The summed E-state index contributed by atoms with van der Waals surface area (Å²) in [5.41, 5.74) is 0.476. The van der Waals surface area contributed by atoms with Crippen LogP contribution >= 0.6 is 11.6 Å². The second-order valence-corrected chi connectivity index (χ2v) is 5.40. The smallest absolute Gasteiger partial charge is 0.258 e. The van der Waals surface area contributed by atoms with Crippen molar-refractivity contribution in [1.82, 2.24) is 10.2 Å². The maximum atomic E-state index is 12.5. The molecule has 4 nitrogen and oxygen atoms in total. The van der Waals surface area contributed by atoms with Crippen LogP contribution in [0.3, 0.4) is 0 Å². The van der Waals surface area contributed by atoms with Gasteiger partial charge in [0.05, 0.1) is 11.8 Å². The molecule has 1 saturated heterocycles. The molecular weight excluding hydrogens is 264 g/mol. The minimum absolute atomic E-state index is 0.0147. The van der Waals surface area contributed by atoms with Gasteiger partial charge >= 0.3 is 0 Å². The molecule has 0 aliphatic carbocycles. The van der Waals surface area contributed by atoms with Crippen molar-refractivity contribution in [2.75, 3.05) is 26.2 Å². The maximum absolute atomic E-state index is 12.5. The van der Waals surface area contributed by atoms with Crippen LogP contribution in [0.5, 0.6) is 0 Å². The first-order chi connectivity index (χ1) is 9.22. The van der Waals surface area contributed by atoms with Gasteiger partial charge in [0, 0.05) is 13.1 Å². The molecule has 0 atom stereocenters. The Kier molecular flexibility index (Phi) is 5.28. The quantitative estimate of drug-likeness (QED) is 0.904. The summed E-state index contributed by atoms with van der Waals surface area (Å²) in [4.78, 5) is 14.4. The Balaban J connectivity index is 2.02. The van der Waals surface area contributed by atoms with Crippen LogP contribution in [0.25, 0.3) is 0 Å². The van der Waals surface area contributed by atoms with Crippen molar-refractivity contribution in [3.63, 3.8) is 0 Å². The zero-order valence-corrected chi connectivity index (χ0v) is 12.1. The van der Waals surface area contributed by atoms with E-state index in [-0.39, 0.29) is 11.1 Å². The van der Waals surface area contributed by atoms with E-state index < -0.39 is 0 Å². The Labute approximate surface area is 119 Å². The topological polar surface area (TPSA) is 45.5 Å². The van der Waals surface area contributed by atoms with Crippen LogP contribution in [0.15, 0.2) is 16.7 Å². The number of rotatable bonds is 5. The number of carbonyl (C=O) groups is 1. The second-order valence-electron chi connectivity index (χ2n) is 5.05. The summed E-state index contributed by atoms with van der Waals surface area (Å²) < 4.78 is 5.01. The van der Waals surface area contributed by atoms with E-state index >= 15 is 0 Å². The first-order valence-corrected chi connectivity index (χ1v) is 7.33. The van der Waals surface area contributed by atoms with Gasteiger partial charge in [-0.15, -0.1) is 0 Å². The summed E-state index contributed by atoms with van der Waals surface area (Å²) in [7, 11) is 0. The Morgan fingerprint density at radius 1 is 1.53 bits per heavy atom. The fourth-order valence-electron chi connectivity index (χ4n) is 2.54. The lowest BCUT2D eigenvalue weighted by atomic mass is 9.97. The fourth-order valence-corrected chi connectivity index (χ4v) is 2.73. The number of furan rings is 1. The lowest BCUT2D eigenvalue weighted by molar-refractivity contribution is 0.0716. The van der Waals surface area contributed by atoms with Crippen LogP contribution in [0, 0.1) is 5.92 Å². The highest BCUT2D eigenvalue weighted by atomic mass is 35.5. The molecule has 0 unspecified atom stereocenters. The van der Waals surface area contributed by atoms with Gasteiger partial charge in [0.1, 0.15) is 0 Å². The Morgan fingerprint density at radius 2 is 2.26 bits per heavy atom. The molecule has 0 radical (unpaired) electrons. The van der Waals surface area contributed by atoms with Gasteiger partial charge in [-0.25, -0.2) is 0 Å². The molecule has 0 spiro atoms. The average molecular weight is 285 g/mol. The number of carbonyl (C=O) groups excluding carboxylic acids is 1. The Morgan fingerprint density at radius 3 is 2.84 bits per heavy atom. The Hall–Kier alpha value is -1.00. The minimum Gasteiger partial charge on any atom is -0.452 e. The van der Waals surface area contributed by atoms with E-state index in [0.717, 1.165) is 45.4 Å². The molecular formula is C14H21ClN2O2. The highest BCUT2D eigenvalue weighted by Gasteiger charge is 2.23. The molecule has 1 aromatic heterocycles. The predicted molar refractivity (Wildman–Crippen MR) is 75.5 cm³/mol. The fraction of sp³-hybridized carbons (Fsp3) is 0.643. The van der Waals surface area contributed by atoms with Crippen LogP contribution in [0.4, 0.5) is 0 Å². The molecule has 1 aliphatic rings. The SMILES string of the molecule is CCCN(CC1CCNCC1)C(=O)c1ccoc1Cl. The molecule has 0 bridgehead atoms. The summed E-state index contributed by atoms with van der Waals surface area (Å²) in [6.45, 7) is 5.76. The summed E-state index contributed by atoms with van der Waals surface area (Å²) in [6.07, 6.45) is 4.68. The molecule has 5 heteroatoms. The van der Waals surface area contributed by atoms with E-state index in [1.54, 1.807) is 6.07 Å². The van der Waals surface area contributed by atoms with Crippen molar-refractivity contribution < 1.29 is 9.21 Å². The van der Waals surface area contributed by atoms with Crippen LogP contribution in [-0.4, -0.2) is 37.0 Å². The minimum atomic E-state index is -0.0147. The van der Waals surface area contributed by atoms with Gasteiger partial charge in [-0.05, 0) is 55.9 Å². The zero-order valence-electron chi connectivity index (χ0n) is 11.3. The van der Waals surface area contributed by atoms with Crippen molar-refractivity contribution in [2.45, 2.75) is 26.2 Å². The lowest BCUT2D eigenvalue weighted by Crippen LogP contribution is -2.39. The third-order valence-corrected chi connectivity index (χ3v) is 3.86. The van der Waals surface area contributed by atoms with Crippen LogP contribution in [-0.2, 0) is 0 Å². The summed E-state index contributed by atoms with van der Waals surface area (Å²) in [5, 5.41) is 3.54. The molecule has 2 heterocycles. The van der Waals surface area contributed by atoms with Crippen molar-refractivity contribution in [3.8, 4) is 0 Å². The van der Waals surface area contributed by atoms with Gasteiger partial charge in [0.2, 0.25) is 5.22 Å². The zero-order chi connectivity index (χ0) is 13.7. The van der Waals surface area contributed by atoms with E-state index in [2.05, 4.69) is 12.2 Å². The molecule has 1 aromatic rings. The standard InChI is InChI=1S/C14H21ClN2O2/c1-2-8-17(10-11-3-6-16-7-4-11)14(18)12-5-9-19-13(12)15/h5,9,11,16H,2-4,6-8,10H2,1H3. The van der Waals surface area contributed by atoms with E-state index in [1.165, 1.54) is 6.26 Å². The van der Waals surface area contributed by atoms with E-state index in [1.807, 2.05) is 4.90 Å². The van der Waals surface area contributed by atoms with Crippen molar-refractivity contribution >= 4 is 17.5 Å². The van der Waals surface area contributed by atoms with Gasteiger partial charge < -0.3 is 14.6 Å². The molecule has 19 heavy (non-hydrogen) atoms. The Bertz CT molecular complexity index is 413. The predicted octanol–water partition coefficient (Wildman–Crippen LogP) is 2.78. The molecule has 0 aromatic carbocycles. The highest BCUT2D eigenvalue weighted by molar-refractivity contribution is 6.32. The normalized spacial score (nSPS) is 16.5. The average Bonchev–Trinajstić information content (AvgIpc) is 2.85. The largest absolute Gasteiger partial charge is 0.452 e. The van der Waals surface area contributed by atoms with Crippen LogP contribution in [0.1, 0.15) is 36.5 Å². The maximum Gasteiger partial charge on any atom is 0.258 e. The van der Waals surface area contributed by atoms with E-state index in [4.69, 9.17) is 16.0 Å². The van der Waals surface area contributed by atoms with Gasteiger partial charge in [-0.1, -0.05) is 6.92 Å². The number of nitrogens with zero attached hydrogens (tertiary/aromatic N) is 1. The second kappa shape index (κ2) is 6.96. The lowest BCUT2D eigenvalue weighted by Gasteiger charge is -2.29. The summed E-state index contributed by atoms with van der Waals surface area (Å²) >= 11 is 5.90. The van der Waals surface area contributed by atoms with Crippen molar-refractivity contribution in [2.24, 2.45) is 5.92 Å². The van der Waals surface area contributed by atoms with Crippen molar-refractivity contribution in [3.05, 3.63) is 23.1 Å². The number of halogens is 1. The molecule has 1 amide bonds. The van der Waals surface area contributed by atoms with Gasteiger partial charge in [0.15, 0.2) is 0 Å². The van der Waals surface area contributed by atoms with E-state index in [9.17, 15) is 4.79 Å². The third kappa shape index (κ3) is 3.74. The number of nitrogens with one attached hydrogen (secondary N) is 1. The number of piperidine rings is 1. The van der Waals surface area contributed by atoms with E-state index in [0.29, 0.717) is 11.5 Å². The van der Waals surface area contributed by atoms with Gasteiger partial charge in [-0.3, -0.25) is 4.79 Å². The first-order valence-electron chi connectivity index (χ1n) is 6.95. The molecule has 1 N–H and O–H groups in total.